The Labute approximate surface area is 220 Å². The Balaban J connectivity index is 1.31. The number of fused-ring (bicyclic) bond motifs is 2. The fourth-order valence-corrected chi connectivity index (χ4v) is 4.50. The molecule has 0 radical (unpaired) electrons. The highest BCUT2D eigenvalue weighted by atomic mass is 16.3. The van der Waals surface area contributed by atoms with Crippen molar-refractivity contribution >= 4 is 45.0 Å². The van der Waals surface area contributed by atoms with Crippen LogP contribution in [0.15, 0.2) is 69.0 Å². The Morgan fingerprint density at radius 2 is 1.08 bits per heavy atom. The summed E-state index contributed by atoms with van der Waals surface area (Å²) in [5.41, 5.74) is 2.23. The Bertz CT molecular complexity index is 1400. The molecule has 0 aliphatic rings. The minimum atomic E-state index is -0.431. The summed E-state index contributed by atoms with van der Waals surface area (Å²) in [7, 11) is 0. The van der Waals surface area contributed by atoms with Crippen molar-refractivity contribution in [2.75, 3.05) is 0 Å². The van der Waals surface area contributed by atoms with E-state index in [0.29, 0.717) is 25.9 Å². The monoisotopic (exact) mass is 516 g/mol. The minimum absolute atomic E-state index is 0.00980. The van der Waals surface area contributed by atoms with Crippen LogP contribution in [0.25, 0.3) is 21.8 Å². The molecule has 0 bridgehead atoms. The minimum Gasteiger partial charge on any atom is -0.493 e. The number of azo groups is 2. The fourth-order valence-electron chi connectivity index (χ4n) is 4.50. The molecule has 2 aromatic heterocycles. The molecule has 2 heterocycles. The number of benzene rings is 2. The molecule has 2 aromatic carbocycles. The molecule has 2 N–H and O–H groups in total. The number of aryl methyl sites for hydroxylation is 2. The molecule has 0 spiro atoms. The van der Waals surface area contributed by atoms with Gasteiger partial charge in [-0.3, -0.25) is 9.59 Å². The van der Waals surface area contributed by atoms with Gasteiger partial charge in [-0.1, -0.05) is 50.2 Å². The van der Waals surface area contributed by atoms with Crippen molar-refractivity contribution in [2.45, 2.75) is 65.5 Å². The summed E-state index contributed by atoms with van der Waals surface area (Å²) in [6, 6.07) is 14.9. The predicted octanol–water partition coefficient (Wildman–Crippen LogP) is 7.31. The number of carbonyl (C=O) groups excluding carboxylic acids is 2. The zero-order valence-corrected chi connectivity index (χ0v) is 21.7. The topological polar surface area (TPSA) is 134 Å². The van der Waals surface area contributed by atoms with Crippen molar-refractivity contribution < 1.29 is 19.8 Å². The second-order valence-electron chi connectivity index (χ2n) is 9.08. The van der Waals surface area contributed by atoms with Crippen LogP contribution in [0.1, 0.15) is 52.4 Å². The van der Waals surface area contributed by atoms with Crippen LogP contribution in [-0.2, 0) is 22.7 Å². The average molecular weight is 517 g/mol. The normalized spacial score (nSPS) is 11.9. The molecule has 2 amide bonds. The first-order chi connectivity index (χ1) is 18.5. The SMILES string of the molecule is CCCn1c(O)c(N=NC(=O)CCCCC(=O)N=Nc2c(O)n(CCC)c3ccccc23)c2ccccc21. The molecular formula is C28H32N6O4. The van der Waals surface area contributed by atoms with Crippen molar-refractivity contribution in [2.24, 2.45) is 20.5 Å². The van der Waals surface area contributed by atoms with Gasteiger partial charge in [-0.15, -0.1) is 20.5 Å². The van der Waals surface area contributed by atoms with Gasteiger partial charge in [-0.05, 0) is 37.8 Å². The highest BCUT2D eigenvalue weighted by Crippen LogP contribution is 2.40. The smallest absolute Gasteiger partial charge is 0.264 e. The molecule has 0 saturated carbocycles. The summed E-state index contributed by atoms with van der Waals surface area (Å²) in [5.74, 6) is -0.882. The van der Waals surface area contributed by atoms with Crippen molar-refractivity contribution in [1.82, 2.24) is 9.13 Å². The second-order valence-corrected chi connectivity index (χ2v) is 9.08. The second kappa shape index (κ2) is 12.3. The van der Waals surface area contributed by atoms with Gasteiger partial charge in [-0.2, -0.15) is 0 Å². The maximum Gasteiger partial charge on any atom is 0.264 e. The van der Waals surface area contributed by atoms with Gasteiger partial charge in [0.25, 0.3) is 11.8 Å². The Kier molecular flexibility index (Phi) is 8.62. The van der Waals surface area contributed by atoms with Crippen LogP contribution in [-0.4, -0.2) is 31.2 Å². The van der Waals surface area contributed by atoms with Gasteiger partial charge in [0.15, 0.2) is 11.4 Å². The summed E-state index contributed by atoms with van der Waals surface area (Å²) in [6.45, 7) is 5.28. The lowest BCUT2D eigenvalue weighted by Gasteiger charge is -2.03. The summed E-state index contributed by atoms with van der Waals surface area (Å²) >= 11 is 0. The first-order valence-corrected chi connectivity index (χ1v) is 13.0. The molecule has 0 aliphatic heterocycles. The van der Waals surface area contributed by atoms with E-state index in [1.54, 1.807) is 9.13 Å². The van der Waals surface area contributed by atoms with Crippen LogP contribution in [0.5, 0.6) is 11.8 Å². The summed E-state index contributed by atoms with van der Waals surface area (Å²) in [6.07, 6.45) is 2.78. The van der Waals surface area contributed by atoms with Crippen LogP contribution >= 0.6 is 0 Å². The lowest BCUT2D eigenvalue weighted by molar-refractivity contribution is -0.120. The van der Waals surface area contributed by atoms with Crippen molar-refractivity contribution in [1.29, 1.82) is 0 Å². The Hall–Kier alpha value is -4.34. The van der Waals surface area contributed by atoms with Crippen molar-refractivity contribution in [3.05, 3.63) is 48.5 Å². The molecule has 10 nitrogen and oxygen atoms in total. The molecule has 0 fully saturated rings. The van der Waals surface area contributed by atoms with Crippen LogP contribution in [0.3, 0.4) is 0 Å². The summed E-state index contributed by atoms with van der Waals surface area (Å²) in [5, 5.41) is 38.3. The first-order valence-electron chi connectivity index (χ1n) is 13.0. The number of carbonyl (C=O) groups is 2. The first kappa shape index (κ1) is 26.7. The van der Waals surface area contributed by atoms with Crippen LogP contribution < -0.4 is 0 Å². The van der Waals surface area contributed by atoms with E-state index in [-0.39, 0.29) is 36.0 Å². The molecule has 198 valence electrons. The fraction of sp³-hybridized carbons (Fsp3) is 0.357. The van der Waals surface area contributed by atoms with Gasteiger partial charge < -0.3 is 19.3 Å². The number of unbranched alkanes of at least 4 members (excludes halogenated alkanes) is 1. The third kappa shape index (κ3) is 5.64. The standard InChI is InChI=1S/C28H32N6O4/c1-3-17-33-21-13-7-5-11-19(21)25(27(33)37)31-29-23(35)15-9-10-16-24(36)30-32-26-20-12-6-8-14-22(20)34(18-4-2)28(26)38/h5-8,11-14,37-38H,3-4,9-10,15-18H2,1-2H3. The third-order valence-corrected chi connectivity index (χ3v) is 6.28. The van der Waals surface area contributed by atoms with E-state index in [4.69, 9.17) is 0 Å². The molecule has 38 heavy (non-hydrogen) atoms. The van der Waals surface area contributed by atoms with Gasteiger partial charge in [0.2, 0.25) is 11.8 Å². The zero-order valence-electron chi connectivity index (χ0n) is 21.7. The quantitative estimate of drug-likeness (QED) is 0.160. The van der Waals surface area contributed by atoms with E-state index < -0.39 is 11.8 Å². The van der Waals surface area contributed by atoms with E-state index in [1.807, 2.05) is 62.4 Å². The largest absolute Gasteiger partial charge is 0.493 e. The number of hydrogen-bond donors (Lipinski definition) is 2. The molecule has 4 aromatic rings. The average Bonchev–Trinajstić information content (AvgIpc) is 3.34. The van der Waals surface area contributed by atoms with Gasteiger partial charge in [0.05, 0.1) is 11.0 Å². The van der Waals surface area contributed by atoms with Crippen LogP contribution in [0, 0.1) is 0 Å². The lowest BCUT2D eigenvalue weighted by Crippen LogP contribution is -1.96. The maximum absolute atomic E-state index is 12.3. The molecule has 10 heteroatoms. The van der Waals surface area contributed by atoms with E-state index in [2.05, 4.69) is 20.5 Å². The highest BCUT2D eigenvalue weighted by Gasteiger charge is 2.17. The number of hydrogen-bond acceptors (Lipinski definition) is 6. The lowest BCUT2D eigenvalue weighted by atomic mass is 10.2. The van der Waals surface area contributed by atoms with Gasteiger partial charge >= 0.3 is 0 Å². The van der Waals surface area contributed by atoms with Gasteiger partial charge in [0.1, 0.15) is 0 Å². The molecule has 0 atom stereocenters. The number of rotatable bonds is 11. The van der Waals surface area contributed by atoms with Crippen LogP contribution in [0.2, 0.25) is 0 Å². The van der Waals surface area contributed by atoms with Gasteiger partial charge in [0, 0.05) is 36.7 Å². The maximum atomic E-state index is 12.3. The number of nitrogens with zero attached hydrogens (tertiary/aromatic N) is 6. The zero-order chi connectivity index (χ0) is 27.1. The summed E-state index contributed by atoms with van der Waals surface area (Å²) in [4.78, 5) is 24.5. The van der Waals surface area contributed by atoms with E-state index in [9.17, 15) is 19.8 Å². The van der Waals surface area contributed by atoms with Crippen molar-refractivity contribution in [3.8, 4) is 11.8 Å². The molecule has 0 unspecified atom stereocenters. The molecular weight excluding hydrogens is 484 g/mol. The molecule has 4 rings (SSSR count). The Morgan fingerprint density at radius 1 is 0.684 bits per heavy atom. The number of aromatic hydroxyl groups is 2. The third-order valence-electron chi connectivity index (χ3n) is 6.28. The van der Waals surface area contributed by atoms with Crippen molar-refractivity contribution in [3.63, 3.8) is 0 Å². The van der Waals surface area contributed by atoms with E-state index in [0.717, 1.165) is 34.6 Å². The number of para-hydroxylation sites is 2. The number of amides is 2. The number of aromatic nitrogens is 2. The predicted molar refractivity (Wildman–Crippen MR) is 145 cm³/mol. The summed E-state index contributed by atoms with van der Waals surface area (Å²) < 4.78 is 3.52. The van der Waals surface area contributed by atoms with E-state index >= 15 is 0 Å². The van der Waals surface area contributed by atoms with Crippen LogP contribution in [0.4, 0.5) is 11.4 Å². The molecule has 0 aliphatic carbocycles. The van der Waals surface area contributed by atoms with E-state index in [1.165, 1.54) is 0 Å². The molecule has 0 saturated heterocycles. The van der Waals surface area contributed by atoms with Gasteiger partial charge in [-0.25, -0.2) is 0 Å². The highest BCUT2D eigenvalue weighted by molar-refractivity contribution is 5.96. The Morgan fingerprint density at radius 3 is 1.47 bits per heavy atom.